The molecule has 4 nitrogen and oxygen atoms in total. The van der Waals surface area contributed by atoms with E-state index in [9.17, 15) is 9.18 Å². The maximum atomic E-state index is 13.3. The van der Waals surface area contributed by atoms with Gasteiger partial charge in [-0.1, -0.05) is 12.1 Å². The third kappa shape index (κ3) is 2.33. The van der Waals surface area contributed by atoms with Crippen LogP contribution in [0.2, 0.25) is 0 Å². The monoisotopic (exact) mass is 233 g/mol. The first-order chi connectivity index (χ1) is 8.08. The van der Waals surface area contributed by atoms with Crippen molar-refractivity contribution in [3.05, 3.63) is 47.3 Å². The minimum absolute atomic E-state index is 0.151. The number of para-hydroxylation sites is 1. The van der Waals surface area contributed by atoms with Crippen molar-refractivity contribution in [2.75, 3.05) is 5.32 Å². The van der Waals surface area contributed by atoms with E-state index >= 15 is 0 Å². The molecule has 1 heterocycles. The molecule has 5 heteroatoms. The molecule has 0 radical (unpaired) electrons. The number of aromatic amines is 1. The number of anilines is 1. The fourth-order valence-corrected chi connectivity index (χ4v) is 1.58. The number of amides is 1. The molecule has 2 rings (SSSR count). The molecule has 0 saturated carbocycles. The lowest BCUT2D eigenvalue weighted by Crippen LogP contribution is -2.14. The summed E-state index contributed by atoms with van der Waals surface area (Å²) in [4.78, 5) is 18.8. The van der Waals surface area contributed by atoms with Crippen LogP contribution >= 0.6 is 0 Å². The van der Waals surface area contributed by atoms with E-state index in [1.807, 2.05) is 0 Å². The first kappa shape index (κ1) is 11.3. The minimum atomic E-state index is -0.467. The highest BCUT2D eigenvalue weighted by Crippen LogP contribution is 2.14. The van der Waals surface area contributed by atoms with Gasteiger partial charge in [0.05, 0.1) is 5.69 Å². The van der Waals surface area contributed by atoms with E-state index in [4.69, 9.17) is 0 Å². The summed E-state index contributed by atoms with van der Waals surface area (Å²) >= 11 is 0. The molecule has 0 unspecified atom stereocenters. The van der Waals surface area contributed by atoms with Gasteiger partial charge < -0.3 is 10.3 Å². The van der Waals surface area contributed by atoms with E-state index in [0.717, 1.165) is 0 Å². The first-order valence-electron chi connectivity index (χ1n) is 5.17. The lowest BCUT2D eigenvalue weighted by molar-refractivity contribution is 0.102. The highest BCUT2D eigenvalue weighted by atomic mass is 19.1. The zero-order chi connectivity index (χ0) is 12.4. The van der Waals surface area contributed by atoms with Crippen LogP contribution in [-0.4, -0.2) is 15.9 Å². The predicted molar refractivity (Wildman–Crippen MR) is 62.4 cm³/mol. The number of carbonyl (C=O) groups excluding carboxylic acids is 1. The maximum Gasteiger partial charge on any atom is 0.276 e. The van der Waals surface area contributed by atoms with Gasteiger partial charge in [-0.05, 0) is 26.0 Å². The van der Waals surface area contributed by atoms with Gasteiger partial charge in [-0.15, -0.1) is 0 Å². The molecule has 0 aliphatic heterocycles. The summed E-state index contributed by atoms with van der Waals surface area (Å²) in [5.74, 6) is -0.233. The number of aromatic nitrogens is 2. The maximum absolute atomic E-state index is 13.3. The molecule has 0 fully saturated rings. The number of rotatable bonds is 2. The van der Waals surface area contributed by atoms with Gasteiger partial charge in [0.2, 0.25) is 0 Å². The van der Waals surface area contributed by atoms with Gasteiger partial charge in [0.25, 0.3) is 5.91 Å². The molecule has 1 aromatic carbocycles. The Kier molecular flexibility index (Phi) is 2.91. The second kappa shape index (κ2) is 4.37. The van der Waals surface area contributed by atoms with Gasteiger partial charge in [-0.2, -0.15) is 0 Å². The number of carbonyl (C=O) groups is 1. The van der Waals surface area contributed by atoms with Crippen LogP contribution in [0.25, 0.3) is 0 Å². The molecule has 0 aliphatic carbocycles. The summed E-state index contributed by atoms with van der Waals surface area (Å²) in [5, 5.41) is 2.48. The smallest absolute Gasteiger partial charge is 0.276 e. The molecule has 0 spiro atoms. The van der Waals surface area contributed by atoms with Crippen LogP contribution in [0.5, 0.6) is 0 Å². The average Bonchev–Trinajstić information content (AvgIpc) is 2.61. The number of hydrogen-bond acceptors (Lipinski definition) is 2. The Morgan fingerprint density at radius 1 is 1.35 bits per heavy atom. The zero-order valence-corrected chi connectivity index (χ0v) is 9.54. The van der Waals surface area contributed by atoms with Gasteiger partial charge in [-0.25, -0.2) is 9.37 Å². The molecule has 2 aromatic rings. The standard InChI is InChI=1S/C12H12FN3O/c1-7-11(15-8(2)14-7)12(17)16-10-6-4-3-5-9(10)13/h3-6H,1-2H3,(H,14,15)(H,16,17). The third-order valence-electron chi connectivity index (χ3n) is 2.34. The third-order valence-corrected chi connectivity index (χ3v) is 2.34. The van der Waals surface area contributed by atoms with Crippen molar-refractivity contribution in [1.29, 1.82) is 0 Å². The normalized spacial score (nSPS) is 10.3. The second-order valence-corrected chi connectivity index (χ2v) is 3.73. The van der Waals surface area contributed by atoms with Crippen molar-refractivity contribution in [3.8, 4) is 0 Å². The molecule has 0 bridgehead atoms. The van der Waals surface area contributed by atoms with E-state index in [1.165, 1.54) is 12.1 Å². The number of hydrogen-bond donors (Lipinski definition) is 2. The van der Waals surface area contributed by atoms with Crippen LogP contribution in [0.1, 0.15) is 22.0 Å². The lowest BCUT2D eigenvalue weighted by Gasteiger charge is -2.04. The van der Waals surface area contributed by atoms with Gasteiger partial charge in [0.15, 0.2) is 0 Å². The number of H-pyrrole nitrogens is 1. The number of aryl methyl sites for hydroxylation is 2. The van der Waals surface area contributed by atoms with Crippen molar-refractivity contribution in [2.45, 2.75) is 13.8 Å². The molecular formula is C12H12FN3O. The van der Waals surface area contributed by atoms with E-state index in [1.54, 1.807) is 26.0 Å². The zero-order valence-electron chi connectivity index (χ0n) is 9.54. The number of nitrogens with one attached hydrogen (secondary N) is 2. The van der Waals surface area contributed by atoms with Crippen LogP contribution in [0.4, 0.5) is 10.1 Å². The second-order valence-electron chi connectivity index (χ2n) is 3.73. The van der Waals surface area contributed by atoms with Gasteiger partial charge in [0, 0.05) is 5.69 Å². The van der Waals surface area contributed by atoms with Crippen molar-refractivity contribution in [2.24, 2.45) is 0 Å². The molecule has 2 N–H and O–H groups in total. The van der Waals surface area contributed by atoms with Crippen LogP contribution in [0.15, 0.2) is 24.3 Å². The molecule has 0 aliphatic rings. The average molecular weight is 233 g/mol. The van der Waals surface area contributed by atoms with E-state index in [2.05, 4.69) is 15.3 Å². The van der Waals surface area contributed by atoms with Crippen LogP contribution in [0, 0.1) is 19.7 Å². The topological polar surface area (TPSA) is 57.8 Å². The molecular weight excluding hydrogens is 221 g/mol. The Morgan fingerprint density at radius 3 is 2.65 bits per heavy atom. The summed E-state index contributed by atoms with van der Waals surface area (Å²) in [6.45, 7) is 3.50. The summed E-state index contributed by atoms with van der Waals surface area (Å²) in [6.07, 6.45) is 0. The Bertz CT molecular complexity index is 563. The first-order valence-corrected chi connectivity index (χ1v) is 5.17. The van der Waals surface area contributed by atoms with Gasteiger partial charge in [0.1, 0.15) is 17.3 Å². The Labute approximate surface area is 97.9 Å². The van der Waals surface area contributed by atoms with Gasteiger partial charge in [-0.3, -0.25) is 4.79 Å². The van der Waals surface area contributed by atoms with Crippen LogP contribution in [0.3, 0.4) is 0 Å². The largest absolute Gasteiger partial charge is 0.346 e. The fraction of sp³-hybridized carbons (Fsp3) is 0.167. The van der Waals surface area contributed by atoms with Crippen molar-refractivity contribution in [3.63, 3.8) is 0 Å². The Balaban J connectivity index is 2.23. The molecule has 1 aromatic heterocycles. The highest BCUT2D eigenvalue weighted by molar-refractivity contribution is 6.03. The summed E-state index contributed by atoms with van der Waals surface area (Å²) in [6, 6.07) is 6.01. The van der Waals surface area contributed by atoms with Crippen LogP contribution in [-0.2, 0) is 0 Å². The van der Waals surface area contributed by atoms with E-state index in [0.29, 0.717) is 11.5 Å². The molecule has 17 heavy (non-hydrogen) atoms. The van der Waals surface area contributed by atoms with E-state index < -0.39 is 11.7 Å². The summed E-state index contributed by atoms with van der Waals surface area (Å²) in [7, 11) is 0. The van der Waals surface area contributed by atoms with Gasteiger partial charge >= 0.3 is 0 Å². The number of imidazole rings is 1. The SMILES string of the molecule is Cc1nc(C(=O)Nc2ccccc2F)c(C)[nH]1. The molecule has 1 amide bonds. The number of benzene rings is 1. The quantitative estimate of drug-likeness (QED) is 0.836. The van der Waals surface area contributed by atoms with Crippen molar-refractivity contribution >= 4 is 11.6 Å². The summed E-state index contributed by atoms with van der Waals surface area (Å²) < 4.78 is 13.3. The highest BCUT2D eigenvalue weighted by Gasteiger charge is 2.14. The Hall–Kier alpha value is -2.17. The lowest BCUT2D eigenvalue weighted by atomic mass is 10.2. The molecule has 0 atom stereocenters. The van der Waals surface area contributed by atoms with Crippen molar-refractivity contribution < 1.29 is 9.18 Å². The molecule has 0 saturated heterocycles. The fourth-order valence-electron chi connectivity index (χ4n) is 1.58. The minimum Gasteiger partial charge on any atom is -0.346 e. The van der Waals surface area contributed by atoms with Crippen LogP contribution < -0.4 is 5.32 Å². The number of halogens is 1. The Morgan fingerprint density at radius 2 is 2.06 bits per heavy atom. The number of nitrogens with zero attached hydrogens (tertiary/aromatic N) is 1. The molecule has 88 valence electrons. The predicted octanol–water partition coefficient (Wildman–Crippen LogP) is 2.42. The van der Waals surface area contributed by atoms with E-state index in [-0.39, 0.29) is 11.4 Å². The van der Waals surface area contributed by atoms with Crippen molar-refractivity contribution in [1.82, 2.24) is 9.97 Å². The summed E-state index contributed by atoms with van der Waals surface area (Å²) in [5.41, 5.74) is 1.10.